The van der Waals surface area contributed by atoms with Crippen LogP contribution in [0.1, 0.15) is 0 Å². The largest absolute Gasteiger partial charge is 0.489 e. The van der Waals surface area contributed by atoms with Crippen LogP contribution < -0.4 is 10.5 Å². The van der Waals surface area contributed by atoms with Gasteiger partial charge in [-0.05, 0) is 6.07 Å². The van der Waals surface area contributed by atoms with Crippen LogP contribution >= 0.6 is 23.2 Å². The van der Waals surface area contributed by atoms with Gasteiger partial charge in [0.2, 0.25) is 0 Å². The lowest BCUT2D eigenvalue weighted by atomic mass is 10.3. The molecule has 3 nitrogen and oxygen atoms in total. The highest BCUT2D eigenvalue weighted by Gasteiger charge is 2.23. The summed E-state index contributed by atoms with van der Waals surface area (Å²) in [6.45, 7) is 1.25. The molecule has 1 aromatic rings. The van der Waals surface area contributed by atoms with Crippen molar-refractivity contribution >= 4 is 28.9 Å². The van der Waals surface area contributed by atoms with Crippen molar-refractivity contribution in [2.24, 2.45) is 0 Å². The Hall–Kier alpha value is -0.640. The number of epoxide rings is 1. The van der Waals surface area contributed by atoms with Gasteiger partial charge in [-0.25, -0.2) is 0 Å². The Bertz CT molecular complexity index is 353. The number of benzene rings is 1. The lowest BCUT2D eigenvalue weighted by molar-refractivity contribution is 0.263. The third-order valence-corrected chi connectivity index (χ3v) is 2.50. The standard InChI is InChI=1S/C9H9Cl2NO2/c10-6-1-7(11)9(2-8(6)12)14-4-5-3-13-5/h1-2,5H,3-4,12H2. The minimum atomic E-state index is 0.197. The van der Waals surface area contributed by atoms with E-state index in [0.29, 0.717) is 28.1 Å². The fourth-order valence-electron chi connectivity index (χ4n) is 1.00. The molecule has 0 radical (unpaired) electrons. The second-order valence-corrected chi connectivity index (χ2v) is 3.88. The van der Waals surface area contributed by atoms with E-state index in [1.165, 1.54) is 0 Å². The molecular weight excluding hydrogens is 225 g/mol. The Morgan fingerprint density at radius 3 is 2.79 bits per heavy atom. The van der Waals surface area contributed by atoms with E-state index >= 15 is 0 Å². The average molecular weight is 234 g/mol. The van der Waals surface area contributed by atoms with Crippen molar-refractivity contribution in [3.05, 3.63) is 22.2 Å². The van der Waals surface area contributed by atoms with E-state index in [2.05, 4.69) is 0 Å². The minimum absolute atomic E-state index is 0.197. The Morgan fingerprint density at radius 1 is 1.43 bits per heavy atom. The van der Waals surface area contributed by atoms with Crippen LogP contribution in [0.5, 0.6) is 5.75 Å². The number of nitrogen functional groups attached to an aromatic ring is 1. The van der Waals surface area contributed by atoms with Gasteiger partial charge in [-0.1, -0.05) is 23.2 Å². The van der Waals surface area contributed by atoms with Gasteiger partial charge in [-0.15, -0.1) is 0 Å². The van der Waals surface area contributed by atoms with E-state index in [1.807, 2.05) is 0 Å². The van der Waals surface area contributed by atoms with Gasteiger partial charge >= 0.3 is 0 Å². The monoisotopic (exact) mass is 233 g/mol. The molecule has 1 unspecified atom stereocenters. The summed E-state index contributed by atoms with van der Waals surface area (Å²) in [5.74, 6) is 0.545. The van der Waals surface area contributed by atoms with Crippen LogP contribution in [0.3, 0.4) is 0 Å². The molecule has 5 heteroatoms. The fraction of sp³-hybridized carbons (Fsp3) is 0.333. The first-order chi connectivity index (χ1) is 6.66. The normalized spacial score (nSPS) is 19.4. The quantitative estimate of drug-likeness (QED) is 0.645. The number of hydrogen-bond acceptors (Lipinski definition) is 3. The van der Waals surface area contributed by atoms with Crippen LogP contribution in [0.4, 0.5) is 5.69 Å². The maximum Gasteiger partial charge on any atom is 0.140 e. The molecule has 0 spiro atoms. The van der Waals surface area contributed by atoms with Crippen LogP contribution in [0.25, 0.3) is 0 Å². The second kappa shape index (κ2) is 3.85. The zero-order valence-corrected chi connectivity index (χ0v) is 8.81. The van der Waals surface area contributed by atoms with Crippen molar-refractivity contribution in [3.63, 3.8) is 0 Å². The van der Waals surface area contributed by atoms with Crippen LogP contribution in [-0.2, 0) is 4.74 Å². The Balaban J connectivity index is 2.10. The third kappa shape index (κ3) is 2.23. The van der Waals surface area contributed by atoms with Crippen LogP contribution in [0, 0.1) is 0 Å². The molecule has 2 rings (SSSR count). The fourth-order valence-corrected chi connectivity index (χ4v) is 1.44. The van der Waals surface area contributed by atoms with Crippen molar-refractivity contribution in [3.8, 4) is 5.75 Å². The van der Waals surface area contributed by atoms with Crippen LogP contribution in [-0.4, -0.2) is 19.3 Å². The van der Waals surface area contributed by atoms with E-state index in [0.717, 1.165) is 6.61 Å². The number of ether oxygens (including phenoxy) is 2. The molecule has 1 aromatic carbocycles. The van der Waals surface area contributed by atoms with Crippen LogP contribution in [0.15, 0.2) is 12.1 Å². The summed E-state index contributed by atoms with van der Waals surface area (Å²) in [6, 6.07) is 3.19. The van der Waals surface area contributed by atoms with Gasteiger partial charge in [0.25, 0.3) is 0 Å². The van der Waals surface area contributed by atoms with E-state index < -0.39 is 0 Å². The molecule has 1 aliphatic heterocycles. The molecule has 14 heavy (non-hydrogen) atoms. The lowest BCUT2D eigenvalue weighted by Crippen LogP contribution is -2.04. The molecule has 0 aliphatic carbocycles. The van der Waals surface area contributed by atoms with Crippen LogP contribution in [0.2, 0.25) is 10.0 Å². The SMILES string of the molecule is Nc1cc(OCC2CO2)c(Cl)cc1Cl. The predicted molar refractivity (Wildman–Crippen MR) is 56.1 cm³/mol. The zero-order valence-electron chi connectivity index (χ0n) is 7.30. The van der Waals surface area contributed by atoms with Crippen molar-refractivity contribution < 1.29 is 9.47 Å². The van der Waals surface area contributed by atoms with Crippen molar-refractivity contribution in [2.75, 3.05) is 18.9 Å². The number of hydrogen-bond donors (Lipinski definition) is 1. The lowest BCUT2D eigenvalue weighted by Gasteiger charge is -2.08. The predicted octanol–water partition coefficient (Wildman–Crippen LogP) is 2.35. The molecule has 1 aliphatic rings. The smallest absolute Gasteiger partial charge is 0.140 e. The summed E-state index contributed by atoms with van der Waals surface area (Å²) in [5.41, 5.74) is 6.07. The molecule has 0 bridgehead atoms. The van der Waals surface area contributed by atoms with Gasteiger partial charge in [0.05, 0.1) is 22.3 Å². The van der Waals surface area contributed by atoms with E-state index in [-0.39, 0.29) is 6.10 Å². The van der Waals surface area contributed by atoms with Gasteiger partial charge in [-0.3, -0.25) is 0 Å². The first-order valence-electron chi connectivity index (χ1n) is 4.16. The summed E-state index contributed by atoms with van der Waals surface area (Å²) >= 11 is 11.7. The van der Waals surface area contributed by atoms with Crippen molar-refractivity contribution in [2.45, 2.75) is 6.10 Å². The van der Waals surface area contributed by atoms with Gasteiger partial charge in [-0.2, -0.15) is 0 Å². The number of nitrogens with two attached hydrogens (primary N) is 1. The Morgan fingerprint density at radius 2 is 2.14 bits per heavy atom. The summed E-state index contributed by atoms with van der Waals surface area (Å²) in [6.07, 6.45) is 0.197. The Kier molecular flexibility index (Phi) is 2.72. The third-order valence-electron chi connectivity index (χ3n) is 1.88. The highest BCUT2D eigenvalue weighted by molar-refractivity contribution is 6.37. The van der Waals surface area contributed by atoms with E-state index in [9.17, 15) is 0 Å². The summed E-state index contributed by atoms with van der Waals surface area (Å²) in [7, 11) is 0. The van der Waals surface area contributed by atoms with Gasteiger partial charge in [0.1, 0.15) is 18.5 Å². The van der Waals surface area contributed by atoms with Gasteiger partial charge in [0, 0.05) is 6.07 Å². The topological polar surface area (TPSA) is 47.8 Å². The van der Waals surface area contributed by atoms with Gasteiger partial charge < -0.3 is 15.2 Å². The molecule has 1 atom stereocenters. The maximum atomic E-state index is 5.90. The van der Waals surface area contributed by atoms with E-state index in [1.54, 1.807) is 12.1 Å². The minimum Gasteiger partial charge on any atom is -0.489 e. The highest BCUT2D eigenvalue weighted by Crippen LogP contribution is 2.32. The first kappa shape index (κ1) is 9.90. The summed E-state index contributed by atoms with van der Waals surface area (Å²) < 4.78 is 10.4. The zero-order chi connectivity index (χ0) is 10.1. The van der Waals surface area contributed by atoms with Crippen molar-refractivity contribution in [1.82, 2.24) is 0 Å². The first-order valence-corrected chi connectivity index (χ1v) is 4.91. The number of rotatable bonds is 3. The molecule has 2 N–H and O–H groups in total. The van der Waals surface area contributed by atoms with Crippen molar-refractivity contribution in [1.29, 1.82) is 0 Å². The molecule has 0 saturated carbocycles. The average Bonchev–Trinajstić information content (AvgIpc) is 2.92. The molecule has 1 saturated heterocycles. The summed E-state index contributed by atoms with van der Waals surface area (Å²) in [5, 5.41) is 0.898. The second-order valence-electron chi connectivity index (χ2n) is 3.07. The van der Waals surface area contributed by atoms with E-state index in [4.69, 9.17) is 38.4 Å². The molecular formula is C9H9Cl2NO2. The summed E-state index contributed by atoms with van der Waals surface area (Å²) in [4.78, 5) is 0. The molecule has 0 amide bonds. The Labute approximate surface area is 91.7 Å². The van der Waals surface area contributed by atoms with Gasteiger partial charge in [0.15, 0.2) is 0 Å². The highest BCUT2D eigenvalue weighted by atomic mass is 35.5. The number of halogens is 2. The maximum absolute atomic E-state index is 5.90. The number of anilines is 1. The molecule has 0 aromatic heterocycles. The molecule has 1 fully saturated rings. The molecule has 1 heterocycles. The molecule has 76 valence electrons.